The van der Waals surface area contributed by atoms with Crippen LogP contribution in [0, 0.1) is 5.92 Å². The van der Waals surface area contributed by atoms with Gasteiger partial charge in [-0.05, 0) is 30.8 Å². The summed E-state index contributed by atoms with van der Waals surface area (Å²) in [4.78, 5) is 35.4. The Kier molecular flexibility index (Phi) is 11.1. The van der Waals surface area contributed by atoms with E-state index in [0.29, 0.717) is 18.6 Å². The second-order valence-electron chi connectivity index (χ2n) is 5.66. The van der Waals surface area contributed by atoms with Crippen molar-refractivity contribution in [1.29, 1.82) is 0 Å². The number of amides is 2. The molecule has 0 fully saturated rings. The van der Waals surface area contributed by atoms with Crippen LogP contribution in [0.3, 0.4) is 0 Å². The van der Waals surface area contributed by atoms with Crippen LogP contribution in [0.1, 0.15) is 26.7 Å². The molecule has 2 amide bonds. The molecule has 0 unspecified atom stereocenters. The Balaban J connectivity index is 4.89. The molecule has 0 spiro atoms. The van der Waals surface area contributed by atoms with Crippen LogP contribution in [0.25, 0.3) is 0 Å². The highest BCUT2D eigenvalue weighted by Gasteiger charge is 2.27. The van der Waals surface area contributed by atoms with Crippen LogP contribution in [0.2, 0.25) is 0 Å². The van der Waals surface area contributed by atoms with Gasteiger partial charge in [0.1, 0.15) is 12.1 Å². The summed E-state index contributed by atoms with van der Waals surface area (Å²) in [6.45, 7) is 3.75. The fourth-order valence-corrected chi connectivity index (χ4v) is 2.47. The zero-order chi connectivity index (χ0) is 18.0. The Hall–Kier alpha value is -0.930. The highest BCUT2D eigenvalue weighted by atomic mass is 32.2. The Morgan fingerprint density at radius 1 is 1.17 bits per heavy atom. The standard InChI is InChI=1S/C14H27N3O4S2/c1-8(2)6-11(14(20)21)17-13(19)10(4-5-23-3)16-12(18)9(15)7-22/h8-11,22H,4-7,15H2,1-3H3,(H,16,18)(H,17,19)(H,20,21)/t9-,10-,11-/m0/s1. The lowest BCUT2D eigenvalue weighted by molar-refractivity contribution is -0.142. The van der Waals surface area contributed by atoms with E-state index in [4.69, 9.17) is 5.73 Å². The lowest BCUT2D eigenvalue weighted by Crippen LogP contribution is -2.55. The zero-order valence-electron chi connectivity index (χ0n) is 13.7. The second kappa shape index (κ2) is 11.6. The minimum atomic E-state index is -1.09. The third kappa shape index (κ3) is 9.07. The van der Waals surface area contributed by atoms with Gasteiger partial charge in [0.25, 0.3) is 0 Å². The second-order valence-corrected chi connectivity index (χ2v) is 7.01. The van der Waals surface area contributed by atoms with Gasteiger partial charge >= 0.3 is 5.97 Å². The van der Waals surface area contributed by atoms with E-state index in [1.807, 2.05) is 20.1 Å². The molecule has 0 radical (unpaired) electrons. The molecular weight excluding hydrogens is 338 g/mol. The first-order valence-corrected chi connectivity index (χ1v) is 9.44. The quantitative estimate of drug-likeness (QED) is 0.331. The van der Waals surface area contributed by atoms with Crippen molar-refractivity contribution in [2.24, 2.45) is 11.7 Å². The Bertz CT molecular complexity index is 407. The van der Waals surface area contributed by atoms with Crippen LogP contribution in [-0.4, -0.2) is 58.8 Å². The Labute approximate surface area is 146 Å². The van der Waals surface area contributed by atoms with Crippen molar-refractivity contribution in [2.45, 2.75) is 44.8 Å². The largest absolute Gasteiger partial charge is 0.480 e. The molecule has 0 rings (SSSR count). The third-order valence-corrected chi connectivity index (χ3v) is 4.14. The minimum Gasteiger partial charge on any atom is -0.480 e. The van der Waals surface area contributed by atoms with Gasteiger partial charge in [0, 0.05) is 5.75 Å². The highest BCUT2D eigenvalue weighted by Crippen LogP contribution is 2.07. The summed E-state index contributed by atoms with van der Waals surface area (Å²) in [5.74, 6) is -1.14. The Morgan fingerprint density at radius 3 is 2.17 bits per heavy atom. The number of carbonyl (C=O) groups excluding carboxylic acids is 2. The van der Waals surface area contributed by atoms with E-state index >= 15 is 0 Å². The predicted octanol–water partition coefficient (Wildman–Crippen LogP) is 0.0969. The van der Waals surface area contributed by atoms with Crippen LogP contribution in [0.15, 0.2) is 0 Å². The molecule has 9 heteroatoms. The molecule has 0 bridgehead atoms. The maximum Gasteiger partial charge on any atom is 0.326 e. The third-order valence-electron chi connectivity index (χ3n) is 3.10. The van der Waals surface area contributed by atoms with Gasteiger partial charge in [-0.15, -0.1) is 0 Å². The number of thiol groups is 1. The number of hydrogen-bond donors (Lipinski definition) is 5. The van der Waals surface area contributed by atoms with Gasteiger partial charge in [-0.3, -0.25) is 9.59 Å². The van der Waals surface area contributed by atoms with Crippen LogP contribution in [0.4, 0.5) is 0 Å². The average molecular weight is 366 g/mol. The van der Waals surface area contributed by atoms with Gasteiger partial charge < -0.3 is 21.5 Å². The number of carboxylic acids is 1. The molecule has 0 aromatic rings. The summed E-state index contributed by atoms with van der Waals surface area (Å²) in [7, 11) is 0. The highest BCUT2D eigenvalue weighted by molar-refractivity contribution is 7.98. The summed E-state index contributed by atoms with van der Waals surface area (Å²) in [5.41, 5.74) is 5.59. The van der Waals surface area contributed by atoms with Crippen LogP contribution < -0.4 is 16.4 Å². The monoisotopic (exact) mass is 365 g/mol. The predicted molar refractivity (Wildman–Crippen MR) is 95.8 cm³/mol. The molecule has 23 heavy (non-hydrogen) atoms. The maximum atomic E-state index is 12.3. The molecule has 0 aliphatic rings. The molecule has 0 aromatic carbocycles. The van der Waals surface area contributed by atoms with E-state index in [1.54, 1.807) is 0 Å². The number of aliphatic carboxylic acids is 1. The van der Waals surface area contributed by atoms with Crippen molar-refractivity contribution in [3.63, 3.8) is 0 Å². The number of nitrogens with one attached hydrogen (secondary N) is 2. The summed E-state index contributed by atoms with van der Waals surface area (Å²) in [5, 5.41) is 14.3. The lowest BCUT2D eigenvalue weighted by Gasteiger charge is -2.23. The molecule has 7 nitrogen and oxygen atoms in total. The van der Waals surface area contributed by atoms with Crippen molar-refractivity contribution in [3.05, 3.63) is 0 Å². The van der Waals surface area contributed by atoms with E-state index in [0.717, 1.165) is 0 Å². The molecule has 0 aliphatic heterocycles. The van der Waals surface area contributed by atoms with Crippen LogP contribution in [-0.2, 0) is 14.4 Å². The van der Waals surface area contributed by atoms with Gasteiger partial charge in [-0.1, -0.05) is 13.8 Å². The first kappa shape index (κ1) is 22.1. The fourth-order valence-electron chi connectivity index (χ4n) is 1.83. The summed E-state index contributed by atoms with van der Waals surface area (Å²) < 4.78 is 0. The molecule has 5 N–H and O–H groups in total. The van der Waals surface area contributed by atoms with Gasteiger partial charge in [-0.2, -0.15) is 24.4 Å². The van der Waals surface area contributed by atoms with Crippen molar-refractivity contribution >= 4 is 42.2 Å². The molecule has 0 aromatic heterocycles. The minimum absolute atomic E-state index is 0.119. The zero-order valence-corrected chi connectivity index (χ0v) is 15.5. The van der Waals surface area contributed by atoms with E-state index in [9.17, 15) is 19.5 Å². The first-order chi connectivity index (χ1) is 10.7. The van der Waals surface area contributed by atoms with Crippen molar-refractivity contribution in [3.8, 4) is 0 Å². The molecule has 3 atom stereocenters. The SMILES string of the molecule is CSCC[C@H](NC(=O)[C@@H](N)CS)C(=O)N[C@@H](CC(C)C)C(=O)O. The number of nitrogens with two attached hydrogens (primary N) is 1. The maximum absolute atomic E-state index is 12.3. The van der Waals surface area contributed by atoms with E-state index in [1.165, 1.54) is 11.8 Å². The fraction of sp³-hybridized carbons (Fsp3) is 0.786. The molecule has 0 saturated carbocycles. The summed E-state index contributed by atoms with van der Waals surface area (Å²) in [6.07, 6.45) is 2.60. The lowest BCUT2D eigenvalue weighted by atomic mass is 10.0. The van der Waals surface area contributed by atoms with E-state index < -0.39 is 35.9 Å². The van der Waals surface area contributed by atoms with Crippen molar-refractivity contribution < 1.29 is 19.5 Å². The summed E-state index contributed by atoms with van der Waals surface area (Å²) in [6, 6.07) is -2.60. The number of rotatable bonds is 11. The van der Waals surface area contributed by atoms with Crippen LogP contribution in [0.5, 0.6) is 0 Å². The van der Waals surface area contributed by atoms with E-state index in [-0.39, 0.29) is 11.7 Å². The van der Waals surface area contributed by atoms with Gasteiger partial charge in [0.05, 0.1) is 6.04 Å². The smallest absolute Gasteiger partial charge is 0.326 e. The molecule has 0 saturated heterocycles. The average Bonchev–Trinajstić information content (AvgIpc) is 2.48. The molecule has 0 heterocycles. The van der Waals surface area contributed by atoms with Gasteiger partial charge in [0.15, 0.2) is 0 Å². The molecule has 134 valence electrons. The number of hydrogen-bond acceptors (Lipinski definition) is 6. The topological polar surface area (TPSA) is 122 Å². The van der Waals surface area contributed by atoms with Crippen molar-refractivity contribution in [2.75, 3.05) is 17.8 Å². The van der Waals surface area contributed by atoms with E-state index in [2.05, 4.69) is 23.3 Å². The molecular formula is C14H27N3O4S2. The summed E-state index contributed by atoms with van der Waals surface area (Å²) >= 11 is 5.48. The van der Waals surface area contributed by atoms with Crippen LogP contribution >= 0.6 is 24.4 Å². The Morgan fingerprint density at radius 2 is 1.74 bits per heavy atom. The molecule has 0 aliphatic carbocycles. The van der Waals surface area contributed by atoms with Gasteiger partial charge in [0.2, 0.25) is 11.8 Å². The van der Waals surface area contributed by atoms with Crippen molar-refractivity contribution in [1.82, 2.24) is 10.6 Å². The first-order valence-electron chi connectivity index (χ1n) is 7.41. The normalized spacial score (nSPS) is 14.9. The number of carboxylic acid groups (broad SMARTS) is 1. The number of carbonyl (C=O) groups is 3. The van der Waals surface area contributed by atoms with Gasteiger partial charge in [-0.25, -0.2) is 4.79 Å². The number of thioether (sulfide) groups is 1.